The molecule has 0 aliphatic carbocycles. The first-order chi connectivity index (χ1) is 7.42. The molecule has 0 bridgehead atoms. The Morgan fingerprint density at radius 2 is 2.19 bits per heavy atom. The normalized spacial score (nSPS) is 11.2. The lowest BCUT2D eigenvalue weighted by molar-refractivity contribution is -0.127. The third-order valence-corrected chi connectivity index (χ3v) is 1.71. The van der Waals surface area contributed by atoms with Gasteiger partial charge in [-0.15, -0.1) is 0 Å². The topological polar surface area (TPSA) is 39.2 Å². The van der Waals surface area contributed by atoms with Crippen molar-refractivity contribution in [2.75, 3.05) is 6.61 Å². The van der Waals surface area contributed by atoms with Gasteiger partial charge in [0.1, 0.15) is 0 Å². The van der Waals surface area contributed by atoms with Crippen LogP contribution in [0.2, 0.25) is 0 Å². The summed E-state index contributed by atoms with van der Waals surface area (Å²) in [5, 5.41) is 0. The second kappa shape index (κ2) is 4.96. The number of ether oxygens (including phenoxy) is 1. The molecule has 88 valence electrons. The number of alkyl halides is 3. The Balaban J connectivity index is 2.83. The highest BCUT2D eigenvalue weighted by Gasteiger charge is 2.28. The van der Waals surface area contributed by atoms with Crippen LogP contribution in [0.1, 0.15) is 23.0 Å². The Hall–Kier alpha value is -1.59. The van der Waals surface area contributed by atoms with Crippen molar-refractivity contribution in [3.8, 4) is 0 Å². The lowest BCUT2D eigenvalue weighted by atomic mass is 10.2. The highest BCUT2D eigenvalue weighted by molar-refractivity contribution is 5.89. The third kappa shape index (κ3) is 3.88. The fraction of sp³-hybridized carbons (Fsp3) is 0.400. The molecule has 0 amide bonds. The SMILES string of the molecule is CCOC(=O)c1ccnc(CC(F)(F)F)c1. The number of hydrogen-bond acceptors (Lipinski definition) is 3. The number of carbonyl (C=O) groups excluding carboxylic acids is 1. The van der Waals surface area contributed by atoms with E-state index in [0.29, 0.717) is 0 Å². The van der Waals surface area contributed by atoms with Gasteiger partial charge >= 0.3 is 12.1 Å². The van der Waals surface area contributed by atoms with Crippen LogP contribution in [0.25, 0.3) is 0 Å². The van der Waals surface area contributed by atoms with Gasteiger partial charge in [-0.05, 0) is 19.1 Å². The number of aromatic nitrogens is 1. The quantitative estimate of drug-likeness (QED) is 0.752. The minimum Gasteiger partial charge on any atom is -0.462 e. The van der Waals surface area contributed by atoms with Crippen LogP contribution in [0.4, 0.5) is 13.2 Å². The zero-order valence-corrected chi connectivity index (χ0v) is 8.54. The van der Waals surface area contributed by atoms with Gasteiger partial charge in [0, 0.05) is 6.20 Å². The second-order valence-electron chi connectivity index (χ2n) is 3.05. The van der Waals surface area contributed by atoms with E-state index in [1.54, 1.807) is 6.92 Å². The van der Waals surface area contributed by atoms with E-state index in [4.69, 9.17) is 0 Å². The number of halogens is 3. The molecule has 1 heterocycles. The molecule has 0 saturated heterocycles. The average molecular weight is 233 g/mol. The Morgan fingerprint density at radius 3 is 2.75 bits per heavy atom. The molecule has 0 atom stereocenters. The van der Waals surface area contributed by atoms with Crippen LogP contribution in [0.3, 0.4) is 0 Å². The van der Waals surface area contributed by atoms with Crippen molar-refractivity contribution in [2.24, 2.45) is 0 Å². The van der Waals surface area contributed by atoms with E-state index in [-0.39, 0.29) is 17.9 Å². The predicted molar refractivity (Wildman–Crippen MR) is 50.0 cm³/mol. The lowest BCUT2D eigenvalue weighted by Crippen LogP contribution is -2.14. The third-order valence-electron chi connectivity index (χ3n) is 1.71. The fourth-order valence-corrected chi connectivity index (χ4v) is 1.12. The van der Waals surface area contributed by atoms with Gasteiger partial charge < -0.3 is 4.74 Å². The van der Waals surface area contributed by atoms with E-state index in [0.717, 1.165) is 12.3 Å². The number of rotatable bonds is 3. The molecule has 16 heavy (non-hydrogen) atoms. The summed E-state index contributed by atoms with van der Waals surface area (Å²) < 4.78 is 40.9. The standard InChI is InChI=1S/C10H10F3NO2/c1-2-16-9(15)7-3-4-14-8(5-7)6-10(11,12)13/h3-5H,2,6H2,1H3. The van der Waals surface area contributed by atoms with Gasteiger partial charge in [-0.2, -0.15) is 13.2 Å². The molecule has 0 saturated carbocycles. The van der Waals surface area contributed by atoms with E-state index in [9.17, 15) is 18.0 Å². The largest absolute Gasteiger partial charge is 0.462 e. The van der Waals surface area contributed by atoms with Crippen molar-refractivity contribution in [2.45, 2.75) is 19.5 Å². The van der Waals surface area contributed by atoms with Gasteiger partial charge in [-0.25, -0.2) is 4.79 Å². The number of esters is 1. The van der Waals surface area contributed by atoms with Gasteiger partial charge in [0.25, 0.3) is 0 Å². The molecule has 6 heteroatoms. The lowest BCUT2D eigenvalue weighted by Gasteiger charge is -2.06. The van der Waals surface area contributed by atoms with Crippen LogP contribution in [0, 0.1) is 0 Å². The number of hydrogen-bond donors (Lipinski definition) is 0. The molecule has 1 aromatic rings. The Kier molecular flexibility index (Phi) is 3.87. The maximum absolute atomic E-state index is 12.1. The van der Waals surface area contributed by atoms with E-state index in [1.165, 1.54) is 6.07 Å². The Labute approximate surface area is 90.2 Å². The molecule has 0 aliphatic rings. The van der Waals surface area contributed by atoms with Crippen molar-refractivity contribution >= 4 is 5.97 Å². The van der Waals surface area contributed by atoms with E-state index in [1.807, 2.05) is 0 Å². The van der Waals surface area contributed by atoms with Crippen molar-refractivity contribution < 1.29 is 22.7 Å². The summed E-state index contributed by atoms with van der Waals surface area (Å²) in [6.07, 6.45) is -4.33. The van der Waals surface area contributed by atoms with Gasteiger partial charge in [0.05, 0.1) is 24.3 Å². The predicted octanol–water partition coefficient (Wildman–Crippen LogP) is 2.36. The minimum absolute atomic E-state index is 0.0797. The zero-order valence-electron chi connectivity index (χ0n) is 8.54. The van der Waals surface area contributed by atoms with Gasteiger partial charge in [0.2, 0.25) is 0 Å². The summed E-state index contributed by atoms with van der Waals surface area (Å²) in [6.45, 7) is 1.80. The summed E-state index contributed by atoms with van der Waals surface area (Å²) in [5.41, 5.74) is -0.117. The molecule has 0 unspecified atom stereocenters. The zero-order chi connectivity index (χ0) is 12.2. The van der Waals surface area contributed by atoms with Crippen LogP contribution in [0.5, 0.6) is 0 Å². The van der Waals surface area contributed by atoms with Crippen molar-refractivity contribution in [3.63, 3.8) is 0 Å². The molecule has 0 aliphatic heterocycles. The monoisotopic (exact) mass is 233 g/mol. The summed E-state index contributed by atoms with van der Waals surface area (Å²) in [7, 11) is 0. The molecule has 0 N–H and O–H groups in total. The van der Waals surface area contributed by atoms with Crippen LogP contribution >= 0.6 is 0 Å². The summed E-state index contributed by atoms with van der Waals surface area (Å²) in [4.78, 5) is 14.8. The van der Waals surface area contributed by atoms with E-state index in [2.05, 4.69) is 9.72 Å². The van der Waals surface area contributed by atoms with Crippen LogP contribution < -0.4 is 0 Å². The second-order valence-corrected chi connectivity index (χ2v) is 3.05. The molecule has 0 fully saturated rings. The Bertz CT molecular complexity index is 377. The van der Waals surface area contributed by atoms with E-state index < -0.39 is 18.6 Å². The maximum Gasteiger partial charge on any atom is 0.394 e. The molecule has 0 aromatic carbocycles. The van der Waals surface area contributed by atoms with Crippen molar-refractivity contribution in [1.82, 2.24) is 4.98 Å². The van der Waals surface area contributed by atoms with E-state index >= 15 is 0 Å². The molecule has 3 nitrogen and oxygen atoms in total. The molecule has 0 radical (unpaired) electrons. The fourth-order valence-electron chi connectivity index (χ4n) is 1.12. The van der Waals surface area contributed by atoms with Gasteiger partial charge in [-0.1, -0.05) is 0 Å². The van der Waals surface area contributed by atoms with Crippen LogP contribution in [-0.2, 0) is 11.2 Å². The number of carbonyl (C=O) groups is 1. The van der Waals surface area contributed by atoms with Crippen molar-refractivity contribution in [1.29, 1.82) is 0 Å². The first kappa shape index (κ1) is 12.5. The maximum atomic E-state index is 12.1. The molecule has 0 spiro atoms. The Morgan fingerprint density at radius 1 is 1.50 bits per heavy atom. The summed E-state index contributed by atoms with van der Waals surface area (Å²) in [5.74, 6) is -0.645. The van der Waals surface area contributed by atoms with Crippen molar-refractivity contribution in [3.05, 3.63) is 29.6 Å². The first-order valence-corrected chi connectivity index (χ1v) is 4.61. The van der Waals surface area contributed by atoms with Crippen LogP contribution in [0.15, 0.2) is 18.3 Å². The highest BCUT2D eigenvalue weighted by atomic mass is 19.4. The smallest absolute Gasteiger partial charge is 0.394 e. The minimum atomic E-state index is -4.33. The van der Waals surface area contributed by atoms with Crippen LogP contribution in [-0.4, -0.2) is 23.7 Å². The van der Waals surface area contributed by atoms with Gasteiger partial charge in [0.15, 0.2) is 0 Å². The molecule has 1 rings (SSSR count). The number of nitrogens with zero attached hydrogens (tertiary/aromatic N) is 1. The molecule has 1 aromatic heterocycles. The first-order valence-electron chi connectivity index (χ1n) is 4.61. The summed E-state index contributed by atoms with van der Waals surface area (Å²) in [6, 6.07) is 2.41. The highest BCUT2D eigenvalue weighted by Crippen LogP contribution is 2.20. The summed E-state index contributed by atoms with van der Waals surface area (Å²) >= 11 is 0. The van der Waals surface area contributed by atoms with Gasteiger partial charge in [-0.3, -0.25) is 4.98 Å². The number of pyridine rings is 1. The average Bonchev–Trinajstić information content (AvgIpc) is 2.16. The molecular formula is C10H10F3NO2. The molecular weight excluding hydrogens is 223 g/mol.